The zero-order valence-electron chi connectivity index (χ0n) is 17.7. The minimum atomic E-state index is -1.04. The van der Waals surface area contributed by atoms with Crippen LogP contribution < -0.4 is 15.0 Å². The van der Waals surface area contributed by atoms with Crippen LogP contribution in [0.2, 0.25) is 0 Å². The molecule has 0 aliphatic carbocycles. The first-order chi connectivity index (χ1) is 15.5. The van der Waals surface area contributed by atoms with Crippen molar-refractivity contribution >= 4 is 5.82 Å². The van der Waals surface area contributed by atoms with Gasteiger partial charge in [-0.1, -0.05) is 18.2 Å². The second-order valence-corrected chi connectivity index (χ2v) is 8.00. The quantitative estimate of drug-likeness (QED) is 0.592. The largest absolute Gasteiger partial charge is 0.507 e. The third kappa shape index (κ3) is 3.64. The van der Waals surface area contributed by atoms with E-state index in [4.69, 9.17) is 4.74 Å². The summed E-state index contributed by atoms with van der Waals surface area (Å²) in [6, 6.07) is 8.46. The number of alkyl halides is 1. The Kier molecular flexibility index (Phi) is 5.18. The van der Waals surface area contributed by atoms with Crippen LogP contribution in [0, 0.1) is 0 Å². The predicted molar refractivity (Wildman–Crippen MR) is 118 cm³/mol. The second-order valence-electron chi connectivity index (χ2n) is 8.00. The van der Waals surface area contributed by atoms with Crippen LogP contribution in [0.4, 0.5) is 10.2 Å². The van der Waals surface area contributed by atoms with E-state index in [9.17, 15) is 9.50 Å². The van der Waals surface area contributed by atoms with E-state index in [1.54, 1.807) is 42.6 Å². The van der Waals surface area contributed by atoms with Gasteiger partial charge < -0.3 is 20.1 Å². The number of aromatic nitrogens is 4. The number of phenolic OH excluding ortho intramolecular Hbond substituents is 1. The number of pyridine rings is 1. The number of rotatable bonds is 5. The lowest BCUT2D eigenvalue weighted by Crippen LogP contribution is -2.56. The summed E-state index contributed by atoms with van der Waals surface area (Å²) < 4.78 is 20.0. The van der Waals surface area contributed by atoms with Crippen LogP contribution in [0.25, 0.3) is 22.5 Å². The van der Waals surface area contributed by atoms with Crippen molar-refractivity contribution < 1.29 is 14.2 Å². The Morgan fingerprint density at radius 2 is 1.97 bits per heavy atom. The summed E-state index contributed by atoms with van der Waals surface area (Å²) in [4.78, 5) is 10.3. The number of anilines is 1. The first-order valence-corrected chi connectivity index (χ1v) is 10.4. The molecule has 9 heteroatoms. The summed E-state index contributed by atoms with van der Waals surface area (Å²) in [6.45, 7) is 0. The predicted octanol–water partition coefficient (Wildman–Crippen LogP) is 2.76. The molecule has 5 rings (SSSR count). The van der Waals surface area contributed by atoms with Crippen LogP contribution >= 0.6 is 0 Å². The zero-order chi connectivity index (χ0) is 22.2. The van der Waals surface area contributed by atoms with Gasteiger partial charge in [0.25, 0.3) is 0 Å². The number of hydrogen-bond donors (Lipinski definition) is 2. The van der Waals surface area contributed by atoms with E-state index in [1.807, 2.05) is 31.3 Å². The maximum Gasteiger partial charge on any atom is 0.213 e. The first kappa shape index (κ1) is 20.3. The van der Waals surface area contributed by atoms with E-state index in [1.165, 1.54) is 0 Å². The smallest absolute Gasteiger partial charge is 0.213 e. The number of nitrogens with zero attached hydrogens (tertiary/aromatic N) is 5. The van der Waals surface area contributed by atoms with Crippen LogP contribution in [0.5, 0.6) is 11.6 Å². The second kappa shape index (κ2) is 8.16. The fraction of sp³-hybridized carbons (Fsp3) is 0.304. The molecule has 0 spiro atoms. The van der Waals surface area contributed by atoms with Crippen molar-refractivity contribution in [3.63, 3.8) is 0 Å². The molecule has 3 aromatic rings. The fourth-order valence-corrected chi connectivity index (χ4v) is 4.28. The Labute approximate surface area is 184 Å². The molecule has 0 saturated carbocycles. The molecular weight excluding hydrogens is 411 g/mol. The average Bonchev–Trinajstić information content (AvgIpc) is 3.24. The van der Waals surface area contributed by atoms with Gasteiger partial charge in [0, 0.05) is 25.4 Å². The molecular formula is C23H23FN6O2. The van der Waals surface area contributed by atoms with Gasteiger partial charge in [-0.15, -0.1) is 10.2 Å². The van der Waals surface area contributed by atoms with E-state index in [-0.39, 0.29) is 23.9 Å². The van der Waals surface area contributed by atoms with E-state index in [0.717, 1.165) is 11.1 Å². The summed E-state index contributed by atoms with van der Waals surface area (Å²) >= 11 is 0. The summed E-state index contributed by atoms with van der Waals surface area (Å²) in [5.41, 5.74) is 2.13. The van der Waals surface area contributed by atoms with Crippen molar-refractivity contribution in [2.45, 2.75) is 30.7 Å². The molecule has 2 N–H and O–H groups in total. The molecule has 2 aliphatic heterocycles. The average molecular weight is 434 g/mol. The number of hydrogen-bond acceptors (Lipinski definition) is 8. The molecule has 2 aliphatic rings. The number of nitrogens with one attached hydrogen (secondary N) is 1. The molecule has 2 bridgehead atoms. The third-order valence-corrected chi connectivity index (χ3v) is 6.09. The Bertz CT molecular complexity index is 1160. The van der Waals surface area contributed by atoms with Crippen molar-refractivity contribution in [3.8, 4) is 34.1 Å². The Morgan fingerprint density at radius 1 is 1.12 bits per heavy atom. The molecule has 0 amide bonds. The molecule has 0 radical (unpaired) electrons. The maximum absolute atomic E-state index is 14.8. The van der Waals surface area contributed by atoms with Crippen LogP contribution in [0.15, 0.2) is 54.9 Å². The van der Waals surface area contributed by atoms with Gasteiger partial charge in [0.15, 0.2) is 11.6 Å². The third-order valence-electron chi connectivity index (χ3n) is 6.09. The van der Waals surface area contributed by atoms with Crippen molar-refractivity contribution in [2.24, 2.45) is 0 Å². The minimum Gasteiger partial charge on any atom is -0.507 e. The molecule has 1 aromatic carbocycles. The number of ether oxygens (including phenoxy) is 1. The summed E-state index contributed by atoms with van der Waals surface area (Å²) in [5, 5.41) is 22.3. The van der Waals surface area contributed by atoms with Gasteiger partial charge in [0.2, 0.25) is 5.88 Å². The Morgan fingerprint density at radius 3 is 2.72 bits per heavy atom. The van der Waals surface area contributed by atoms with Crippen molar-refractivity contribution in [3.05, 3.63) is 54.9 Å². The van der Waals surface area contributed by atoms with Crippen LogP contribution in [0.3, 0.4) is 0 Å². The zero-order valence-corrected chi connectivity index (χ0v) is 17.7. The SMILES string of the molecule is COc1cc(-c2ccc(-c3ncc(N(C)[C@@H]4CC5C=CC(N5)[C@@H]4F)nn3)c(O)c2)ccn1. The normalized spacial score (nSPS) is 23.8. The van der Waals surface area contributed by atoms with Gasteiger partial charge in [-0.2, -0.15) is 0 Å². The number of methoxy groups -OCH3 is 1. The highest BCUT2D eigenvalue weighted by atomic mass is 19.1. The first-order valence-electron chi connectivity index (χ1n) is 10.4. The molecule has 8 nitrogen and oxygen atoms in total. The number of halogens is 1. The van der Waals surface area contributed by atoms with E-state index < -0.39 is 6.17 Å². The van der Waals surface area contributed by atoms with Crippen molar-refractivity contribution in [2.75, 3.05) is 19.1 Å². The highest BCUT2D eigenvalue weighted by Gasteiger charge is 2.41. The number of benzene rings is 1. The molecule has 2 aromatic heterocycles. The summed E-state index contributed by atoms with van der Waals surface area (Å²) in [7, 11) is 3.36. The molecule has 164 valence electrons. The number of fused-ring (bicyclic) bond motifs is 2. The monoisotopic (exact) mass is 434 g/mol. The lowest BCUT2D eigenvalue weighted by atomic mass is 9.96. The lowest BCUT2D eigenvalue weighted by molar-refractivity contribution is 0.187. The van der Waals surface area contributed by atoms with E-state index in [0.29, 0.717) is 29.5 Å². The van der Waals surface area contributed by atoms with Crippen molar-refractivity contribution in [1.82, 2.24) is 25.5 Å². The van der Waals surface area contributed by atoms with Crippen LogP contribution in [-0.4, -0.2) is 63.7 Å². The fourth-order valence-electron chi connectivity index (χ4n) is 4.28. The molecule has 1 saturated heterocycles. The van der Waals surface area contributed by atoms with Gasteiger partial charge in [-0.25, -0.2) is 14.4 Å². The Hall–Kier alpha value is -3.59. The van der Waals surface area contributed by atoms with E-state index >= 15 is 0 Å². The highest BCUT2D eigenvalue weighted by molar-refractivity contribution is 5.73. The highest BCUT2D eigenvalue weighted by Crippen LogP contribution is 2.33. The van der Waals surface area contributed by atoms with Gasteiger partial charge in [-0.3, -0.25) is 0 Å². The molecule has 4 atom stereocenters. The maximum atomic E-state index is 14.8. The Balaban J connectivity index is 1.36. The van der Waals surface area contributed by atoms with Crippen LogP contribution in [-0.2, 0) is 0 Å². The summed E-state index contributed by atoms with van der Waals surface area (Å²) in [6.07, 6.45) is 6.73. The van der Waals surface area contributed by atoms with Gasteiger partial charge >= 0.3 is 0 Å². The standard InChI is InChI=1S/C23H23FN6O2/c1-30(18-11-15-4-6-17(27-15)22(18)24)20-12-26-23(29-28-20)16-5-3-13(9-19(16)31)14-7-8-25-21(10-14)32-2/h3-10,12,15,17-18,22,27,31H,11H2,1-2H3/t15?,17?,18-,22+/m1/s1. The van der Waals surface area contributed by atoms with Gasteiger partial charge in [0.1, 0.15) is 11.9 Å². The summed E-state index contributed by atoms with van der Waals surface area (Å²) in [5.74, 6) is 1.31. The molecule has 32 heavy (non-hydrogen) atoms. The van der Waals surface area contributed by atoms with Crippen molar-refractivity contribution in [1.29, 1.82) is 0 Å². The van der Waals surface area contributed by atoms with E-state index in [2.05, 4.69) is 25.5 Å². The topological polar surface area (TPSA) is 96.3 Å². The molecule has 2 unspecified atom stereocenters. The van der Waals surface area contributed by atoms with Crippen LogP contribution in [0.1, 0.15) is 6.42 Å². The number of aromatic hydroxyl groups is 1. The minimum absolute atomic E-state index is 0.0333. The molecule has 4 heterocycles. The van der Waals surface area contributed by atoms with Gasteiger partial charge in [-0.05, 0) is 35.7 Å². The lowest BCUT2D eigenvalue weighted by Gasteiger charge is -2.38. The number of piperidine rings is 1. The number of phenols is 1. The molecule has 1 fully saturated rings. The van der Waals surface area contributed by atoms with Gasteiger partial charge in [0.05, 0.1) is 31.0 Å².